The Morgan fingerprint density at radius 2 is 1.68 bits per heavy atom. The highest BCUT2D eigenvalue weighted by Gasteiger charge is 2.32. The molecule has 222 valence electrons. The number of alkyl halides is 3. The maximum atomic E-state index is 13.3. The second-order valence-corrected chi connectivity index (χ2v) is 11.5. The van der Waals surface area contributed by atoms with E-state index in [1.165, 1.54) is 18.3 Å². The highest BCUT2D eigenvalue weighted by atomic mass is 32.2. The van der Waals surface area contributed by atoms with Crippen LogP contribution in [0.1, 0.15) is 17.5 Å². The van der Waals surface area contributed by atoms with Gasteiger partial charge >= 0.3 is 6.18 Å². The van der Waals surface area contributed by atoms with Crippen molar-refractivity contribution in [2.75, 3.05) is 24.3 Å². The number of halogens is 3. The number of anilines is 1. The molecule has 9 N–H and O–H groups in total. The van der Waals surface area contributed by atoms with Crippen molar-refractivity contribution in [1.29, 1.82) is 0 Å². The van der Waals surface area contributed by atoms with Crippen molar-refractivity contribution in [3.8, 4) is 0 Å². The largest absolute Gasteiger partial charge is 0.416 e. The number of aromatic nitrogens is 1. The van der Waals surface area contributed by atoms with Gasteiger partial charge in [-0.15, -0.1) is 0 Å². The van der Waals surface area contributed by atoms with E-state index >= 15 is 0 Å². The lowest BCUT2D eigenvalue weighted by Crippen LogP contribution is -2.54. The molecule has 0 aliphatic rings. The molecule has 2 aromatic carbocycles. The predicted molar refractivity (Wildman–Crippen MR) is 149 cm³/mol. The van der Waals surface area contributed by atoms with Crippen LogP contribution in [-0.4, -0.2) is 61.6 Å². The first kappa shape index (κ1) is 31.9. The third-order valence-corrected chi connectivity index (χ3v) is 8.26. The molecule has 3 rings (SSSR count). The number of nitrogens with two attached hydrogens (primary N) is 3. The lowest BCUT2D eigenvalue weighted by Gasteiger charge is -2.23. The Morgan fingerprint density at radius 1 is 1.00 bits per heavy atom. The molecular formula is C26H32F3N7O4S. The van der Waals surface area contributed by atoms with E-state index in [2.05, 4.69) is 20.9 Å². The van der Waals surface area contributed by atoms with Crippen molar-refractivity contribution in [3.05, 3.63) is 71.9 Å². The molecule has 3 aromatic rings. The topological polar surface area (TPSA) is 195 Å². The minimum Gasteiger partial charge on any atom is -0.343 e. The molecule has 41 heavy (non-hydrogen) atoms. The number of carbonyl (C=O) groups excluding carboxylic acids is 2. The number of pyridine rings is 1. The Balaban J connectivity index is 1.81. The second kappa shape index (κ2) is 13.8. The molecule has 0 spiro atoms. The standard InChI is InChI=1S/C26H32F3N7O4S/c27-26(28,29)18-7-5-16(6-8-18)11-22(25(38)35-19-12-17-3-1-2-4-21(17)33-13-19)36-24(37)20(32)14-41(39,40)23(9-10-30)34-15-31/h1-8,12-13,20,22-23,34H,9-11,14-15,30-32H2,(H,35,38)(H,36,37)/t20-,22+,23?/m0/s1. The number of sulfone groups is 1. The van der Waals surface area contributed by atoms with Gasteiger partial charge in [-0.3, -0.25) is 19.9 Å². The van der Waals surface area contributed by atoms with Gasteiger partial charge in [0.2, 0.25) is 11.8 Å². The van der Waals surface area contributed by atoms with E-state index in [0.717, 1.165) is 17.5 Å². The Kier molecular flexibility index (Phi) is 10.8. The van der Waals surface area contributed by atoms with Crippen molar-refractivity contribution in [2.24, 2.45) is 17.2 Å². The van der Waals surface area contributed by atoms with Crippen LogP contribution in [0.15, 0.2) is 60.8 Å². The Hall–Kier alpha value is -3.63. The van der Waals surface area contributed by atoms with Crippen molar-refractivity contribution >= 4 is 38.2 Å². The summed E-state index contributed by atoms with van der Waals surface area (Å²) < 4.78 is 64.6. The van der Waals surface area contributed by atoms with E-state index in [9.17, 15) is 31.2 Å². The summed E-state index contributed by atoms with van der Waals surface area (Å²) in [6, 6.07) is 10.0. The summed E-state index contributed by atoms with van der Waals surface area (Å²) >= 11 is 0. The average Bonchev–Trinajstić information content (AvgIpc) is 2.92. The van der Waals surface area contributed by atoms with Gasteiger partial charge in [0, 0.05) is 18.5 Å². The van der Waals surface area contributed by atoms with Crippen molar-refractivity contribution in [1.82, 2.24) is 15.6 Å². The summed E-state index contributed by atoms with van der Waals surface area (Å²) in [6.45, 7) is -0.109. The number of benzene rings is 2. The number of nitrogens with one attached hydrogen (secondary N) is 3. The molecule has 0 fully saturated rings. The van der Waals surface area contributed by atoms with E-state index < -0.39 is 56.6 Å². The normalized spacial score (nSPS) is 14.3. The van der Waals surface area contributed by atoms with Crippen LogP contribution in [0.4, 0.5) is 18.9 Å². The zero-order chi connectivity index (χ0) is 30.2. The molecule has 0 aliphatic carbocycles. The first-order valence-electron chi connectivity index (χ1n) is 12.6. The highest BCUT2D eigenvalue weighted by molar-refractivity contribution is 7.92. The van der Waals surface area contributed by atoms with Crippen molar-refractivity contribution in [2.45, 2.75) is 36.5 Å². The smallest absolute Gasteiger partial charge is 0.343 e. The molecular weight excluding hydrogens is 563 g/mol. The number of amides is 2. The zero-order valence-electron chi connectivity index (χ0n) is 21.9. The first-order chi connectivity index (χ1) is 19.3. The van der Waals surface area contributed by atoms with Gasteiger partial charge in [-0.05, 0) is 42.8 Å². The van der Waals surface area contributed by atoms with Crippen molar-refractivity contribution < 1.29 is 31.2 Å². The van der Waals surface area contributed by atoms with Gasteiger partial charge in [-0.2, -0.15) is 13.2 Å². The number of fused-ring (bicyclic) bond motifs is 1. The third kappa shape index (κ3) is 8.93. The molecule has 15 heteroatoms. The quantitative estimate of drug-likeness (QED) is 0.155. The first-order valence-corrected chi connectivity index (χ1v) is 14.3. The maximum absolute atomic E-state index is 13.3. The predicted octanol–water partition coefficient (Wildman–Crippen LogP) is 0.842. The van der Waals surface area contributed by atoms with E-state index in [-0.39, 0.29) is 26.1 Å². The van der Waals surface area contributed by atoms with Crippen LogP contribution in [0.2, 0.25) is 0 Å². The fraction of sp³-hybridized carbons (Fsp3) is 0.346. The number of para-hydroxylation sites is 1. The number of nitrogens with zero attached hydrogens (tertiary/aromatic N) is 1. The van der Waals surface area contributed by atoms with E-state index in [1.807, 2.05) is 0 Å². The molecule has 0 bridgehead atoms. The number of rotatable bonds is 13. The van der Waals surface area contributed by atoms with Crippen LogP contribution in [0, 0.1) is 0 Å². The van der Waals surface area contributed by atoms with E-state index in [1.54, 1.807) is 30.3 Å². The highest BCUT2D eigenvalue weighted by Crippen LogP contribution is 2.29. The summed E-state index contributed by atoms with van der Waals surface area (Å²) in [4.78, 5) is 30.5. The molecule has 11 nitrogen and oxygen atoms in total. The van der Waals surface area contributed by atoms with E-state index in [4.69, 9.17) is 17.2 Å². The van der Waals surface area contributed by atoms with Gasteiger partial charge < -0.3 is 27.8 Å². The van der Waals surface area contributed by atoms with Gasteiger partial charge in [-0.25, -0.2) is 8.42 Å². The number of carbonyl (C=O) groups is 2. The van der Waals surface area contributed by atoms with Gasteiger partial charge in [0.1, 0.15) is 11.4 Å². The summed E-state index contributed by atoms with van der Waals surface area (Å²) in [7, 11) is -3.97. The lowest BCUT2D eigenvalue weighted by molar-refractivity contribution is -0.137. The fourth-order valence-corrected chi connectivity index (χ4v) is 5.79. The van der Waals surface area contributed by atoms with E-state index in [0.29, 0.717) is 16.8 Å². The molecule has 2 amide bonds. The molecule has 0 radical (unpaired) electrons. The van der Waals surface area contributed by atoms with Gasteiger partial charge in [-0.1, -0.05) is 30.3 Å². The van der Waals surface area contributed by atoms with Gasteiger partial charge in [0.25, 0.3) is 0 Å². The molecule has 0 aliphatic heterocycles. The molecule has 0 saturated heterocycles. The fourth-order valence-electron chi connectivity index (χ4n) is 4.06. The van der Waals surface area contributed by atoms with Crippen LogP contribution in [0.25, 0.3) is 10.9 Å². The second-order valence-electron chi connectivity index (χ2n) is 9.28. The van der Waals surface area contributed by atoms with Crippen LogP contribution in [-0.2, 0) is 32.0 Å². The molecule has 3 atom stereocenters. The van der Waals surface area contributed by atoms with Crippen molar-refractivity contribution in [3.63, 3.8) is 0 Å². The monoisotopic (exact) mass is 595 g/mol. The SMILES string of the molecule is NCCC(NCN)S(=O)(=O)C[C@H](N)C(=O)N[C@H](Cc1ccc(C(F)(F)F)cc1)C(=O)Nc1cnc2ccccc2c1. The lowest BCUT2D eigenvalue weighted by atomic mass is 10.0. The molecule has 1 unspecified atom stereocenters. The zero-order valence-corrected chi connectivity index (χ0v) is 22.7. The molecule has 0 saturated carbocycles. The average molecular weight is 596 g/mol. The van der Waals surface area contributed by atoms with Crippen LogP contribution in [0.5, 0.6) is 0 Å². The van der Waals surface area contributed by atoms with Crippen LogP contribution < -0.4 is 33.2 Å². The molecule has 1 heterocycles. The number of hydrogen-bond donors (Lipinski definition) is 6. The summed E-state index contributed by atoms with van der Waals surface area (Å²) in [5.74, 6) is -2.42. The minimum atomic E-state index is -4.55. The number of hydrogen-bond acceptors (Lipinski definition) is 9. The summed E-state index contributed by atoms with van der Waals surface area (Å²) in [6.07, 6.45) is -3.31. The third-order valence-electron chi connectivity index (χ3n) is 6.17. The Bertz CT molecular complexity index is 1450. The summed E-state index contributed by atoms with van der Waals surface area (Å²) in [5.41, 5.74) is 17.2. The minimum absolute atomic E-state index is 0.0343. The summed E-state index contributed by atoms with van der Waals surface area (Å²) in [5, 5.41) is 7.28. The van der Waals surface area contributed by atoms with Crippen LogP contribution in [0.3, 0.4) is 0 Å². The van der Waals surface area contributed by atoms with Gasteiger partial charge in [0.15, 0.2) is 9.84 Å². The Labute approximate surface area is 235 Å². The van der Waals surface area contributed by atoms with Gasteiger partial charge in [0.05, 0.1) is 34.8 Å². The van der Waals surface area contributed by atoms with Crippen LogP contribution >= 0.6 is 0 Å². The Morgan fingerprint density at radius 3 is 2.32 bits per heavy atom. The maximum Gasteiger partial charge on any atom is 0.416 e. The molecule has 1 aromatic heterocycles.